The van der Waals surface area contributed by atoms with E-state index in [2.05, 4.69) is 27.9 Å². The number of nitrogens with one attached hydrogen (secondary N) is 1. The summed E-state index contributed by atoms with van der Waals surface area (Å²) in [6, 6.07) is 3.63. The fourth-order valence-electron chi connectivity index (χ4n) is 2.04. The number of aromatic amines is 1. The third kappa shape index (κ3) is 4.41. The molecular weight excluding hydrogens is 284 g/mol. The van der Waals surface area contributed by atoms with E-state index < -0.39 is 0 Å². The van der Waals surface area contributed by atoms with Gasteiger partial charge in [-0.05, 0) is 49.2 Å². The van der Waals surface area contributed by atoms with Crippen molar-refractivity contribution in [3.05, 3.63) is 45.5 Å². The highest BCUT2D eigenvalue weighted by molar-refractivity contribution is 7.99. The number of hydrogen-bond acceptors (Lipinski definition) is 5. The summed E-state index contributed by atoms with van der Waals surface area (Å²) in [5.41, 5.74) is 8.44. The lowest BCUT2D eigenvalue weighted by Crippen LogP contribution is -2.10. The molecule has 2 rings (SSSR count). The maximum absolute atomic E-state index is 11.7. The van der Waals surface area contributed by atoms with Crippen molar-refractivity contribution >= 4 is 11.8 Å². The fourth-order valence-corrected chi connectivity index (χ4v) is 2.86. The molecule has 2 aromatic heterocycles. The van der Waals surface area contributed by atoms with Gasteiger partial charge in [-0.2, -0.15) is 0 Å². The van der Waals surface area contributed by atoms with Crippen LogP contribution in [-0.4, -0.2) is 21.5 Å². The van der Waals surface area contributed by atoms with Gasteiger partial charge in [-0.25, -0.2) is 9.97 Å². The third-order valence-corrected chi connectivity index (χ3v) is 4.00. The zero-order valence-corrected chi connectivity index (χ0v) is 13.2. The van der Waals surface area contributed by atoms with Gasteiger partial charge in [-0.3, -0.25) is 4.79 Å². The Morgan fingerprint density at radius 2 is 2.14 bits per heavy atom. The number of pyridine rings is 1. The van der Waals surface area contributed by atoms with Gasteiger partial charge in [0.15, 0.2) is 5.16 Å². The van der Waals surface area contributed by atoms with Crippen molar-refractivity contribution < 1.29 is 0 Å². The van der Waals surface area contributed by atoms with E-state index >= 15 is 0 Å². The Morgan fingerprint density at radius 3 is 2.81 bits per heavy atom. The van der Waals surface area contributed by atoms with Crippen molar-refractivity contribution in [3.63, 3.8) is 0 Å². The van der Waals surface area contributed by atoms with Crippen LogP contribution in [0.25, 0.3) is 0 Å². The largest absolute Gasteiger partial charge is 0.330 e. The first kappa shape index (κ1) is 15.7. The highest BCUT2D eigenvalue weighted by atomic mass is 32.2. The molecule has 0 radical (unpaired) electrons. The van der Waals surface area contributed by atoms with E-state index in [-0.39, 0.29) is 5.56 Å². The number of rotatable bonds is 6. The Hall–Kier alpha value is -1.66. The van der Waals surface area contributed by atoms with Gasteiger partial charge in [0.05, 0.1) is 0 Å². The molecule has 3 N–H and O–H groups in total. The minimum absolute atomic E-state index is 0.117. The van der Waals surface area contributed by atoms with Crippen molar-refractivity contribution in [1.82, 2.24) is 15.0 Å². The Labute approximate surface area is 128 Å². The van der Waals surface area contributed by atoms with Crippen molar-refractivity contribution in [1.29, 1.82) is 0 Å². The average molecular weight is 304 g/mol. The first-order chi connectivity index (χ1) is 10.1. The topological polar surface area (TPSA) is 84.7 Å². The second-order valence-corrected chi connectivity index (χ2v) is 5.88. The second kappa shape index (κ2) is 7.38. The summed E-state index contributed by atoms with van der Waals surface area (Å²) in [7, 11) is 0. The summed E-state index contributed by atoms with van der Waals surface area (Å²) >= 11 is 1.39. The molecule has 0 unspecified atom stereocenters. The molecule has 6 heteroatoms. The summed E-state index contributed by atoms with van der Waals surface area (Å²) in [6.07, 6.45) is 4.42. The Bertz CT molecular complexity index is 669. The van der Waals surface area contributed by atoms with Crippen LogP contribution in [0.2, 0.25) is 0 Å². The Kier molecular flexibility index (Phi) is 5.52. The van der Waals surface area contributed by atoms with Crippen LogP contribution in [0.1, 0.15) is 30.2 Å². The molecule has 0 aromatic carbocycles. The van der Waals surface area contributed by atoms with Crippen molar-refractivity contribution in [2.75, 3.05) is 6.54 Å². The minimum atomic E-state index is -0.117. The monoisotopic (exact) mass is 304 g/mol. The van der Waals surface area contributed by atoms with Crippen molar-refractivity contribution in [3.8, 4) is 0 Å². The predicted molar refractivity (Wildman–Crippen MR) is 84.7 cm³/mol. The normalized spacial score (nSPS) is 10.8. The smallest absolute Gasteiger partial charge is 0.251 e. The molecule has 0 aliphatic rings. The SMILES string of the molecule is CCCc1cc(=O)[nH]c(Sc2ncc(CCN)cc2C)n1. The zero-order valence-electron chi connectivity index (χ0n) is 12.3. The third-order valence-electron chi connectivity index (χ3n) is 2.99. The average Bonchev–Trinajstić information content (AvgIpc) is 2.42. The molecule has 2 heterocycles. The van der Waals surface area contributed by atoms with E-state index in [4.69, 9.17) is 5.73 Å². The second-order valence-electron chi connectivity index (χ2n) is 4.90. The molecule has 0 fully saturated rings. The standard InChI is InChI=1S/C15H20N4OS/c1-3-4-12-8-13(20)19-15(18-12)21-14-10(2)7-11(5-6-16)9-17-14/h7-9H,3-6,16H2,1-2H3,(H,18,19,20). The highest BCUT2D eigenvalue weighted by Gasteiger charge is 2.08. The number of H-pyrrole nitrogens is 1. The molecule has 0 spiro atoms. The molecule has 112 valence electrons. The molecule has 2 aromatic rings. The van der Waals surface area contributed by atoms with Gasteiger partial charge in [-0.1, -0.05) is 19.4 Å². The lowest BCUT2D eigenvalue weighted by molar-refractivity contribution is 0.814. The molecule has 0 amide bonds. The molecule has 0 saturated carbocycles. The van der Waals surface area contributed by atoms with Crippen LogP contribution in [0.15, 0.2) is 33.3 Å². The lowest BCUT2D eigenvalue weighted by atomic mass is 10.2. The Balaban J connectivity index is 2.23. The summed E-state index contributed by atoms with van der Waals surface area (Å²) < 4.78 is 0. The summed E-state index contributed by atoms with van der Waals surface area (Å²) in [4.78, 5) is 23.3. The summed E-state index contributed by atoms with van der Waals surface area (Å²) in [5, 5.41) is 1.45. The molecule has 0 aliphatic heterocycles. The van der Waals surface area contributed by atoms with Crippen LogP contribution < -0.4 is 11.3 Å². The molecule has 0 atom stereocenters. The molecule has 0 bridgehead atoms. The van der Waals surface area contributed by atoms with E-state index in [1.54, 1.807) is 6.07 Å². The van der Waals surface area contributed by atoms with E-state index in [1.165, 1.54) is 11.8 Å². The van der Waals surface area contributed by atoms with Crippen LogP contribution >= 0.6 is 11.8 Å². The van der Waals surface area contributed by atoms with E-state index in [0.717, 1.165) is 41.1 Å². The van der Waals surface area contributed by atoms with Gasteiger partial charge in [-0.15, -0.1) is 0 Å². The van der Waals surface area contributed by atoms with Gasteiger partial charge in [0.2, 0.25) is 0 Å². The zero-order chi connectivity index (χ0) is 15.2. The number of aryl methyl sites for hydroxylation is 2. The van der Waals surface area contributed by atoms with Gasteiger partial charge in [0.25, 0.3) is 5.56 Å². The maximum Gasteiger partial charge on any atom is 0.251 e. The summed E-state index contributed by atoms with van der Waals surface area (Å²) in [6.45, 7) is 4.68. The number of nitrogens with two attached hydrogens (primary N) is 1. The number of hydrogen-bond donors (Lipinski definition) is 2. The van der Waals surface area contributed by atoms with Crippen LogP contribution in [0.5, 0.6) is 0 Å². The molecular formula is C15H20N4OS. The molecule has 0 saturated heterocycles. The van der Waals surface area contributed by atoms with Crippen LogP contribution in [0.3, 0.4) is 0 Å². The minimum Gasteiger partial charge on any atom is -0.330 e. The van der Waals surface area contributed by atoms with Gasteiger partial charge < -0.3 is 10.7 Å². The van der Waals surface area contributed by atoms with E-state index in [1.807, 2.05) is 13.1 Å². The van der Waals surface area contributed by atoms with Gasteiger partial charge in [0.1, 0.15) is 5.03 Å². The first-order valence-electron chi connectivity index (χ1n) is 7.06. The van der Waals surface area contributed by atoms with E-state index in [9.17, 15) is 4.79 Å². The van der Waals surface area contributed by atoms with Crippen LogP contribution in [0.4, 0.5) is 0 Å². The lowest BCUT2D eigenvalue weighted by Gasteiger charge is -2.07. The molecule has 0 aliphatic carbocycles. The highest BCUT2D eigenvalue weighted by Crippen LogP contribution is 2.25. The molecule has 5 nitrogen and oxygen atoms in total. The maximum atomic E-state index is 11.7. The van der Waals surface area contributed by atoms with Crippen LogP contribution in [-0.2, 0) is 12.8 Å². The van der Waals surface area contributed by atoms with Gasteiger partial charge >= 0.3 is 0 Å². The van der Waals surface area contributed by atoms with Crippen molar-refractivity contribution in [2.24, 2.45) is 5.73 Å². The number of nitrogens with zero attached hydrogens (tertiary/aromatic N) is 2. The van der Waals surface area contributed by atoms with Crippen molar-refractivity contribution in [2.45, 2.75) is 43.3 Å². The number of aromatic nitrogens is 3. The summed E-state index contributed by atoms with van der Waals surface area (Å²) in [5.74, 6) is 0. The fraction of sp³-hybridized carbons (Fsp3) is 0.400. The van der Waals surface area contributed by atoms with E-state index in [0.29, 0.717) is 11.7 Å². The van der Waals surface area contributed by atoms with Gasteiger partial charge in [0, 0.05) is 18.0 Å². The van der Waals surface area contributed by atoms with Crippen LogP contribution in [0, 0.1) is 6.92 Å². The Morgan fingerprint density at radius 1 is 1.33 bits per heavy atom. The molecule has 21 heavy (non-hydrogen) atoms. The first-order valence-corrected chi connectivity index (χ1v) is 7.87. The predicted octanol–water partition coefficient (Wildman–Crippen LogP) is 2.08. The quantitative estimate of drug-likeness (QED) is 0.798.